The molecule has 6 nitrogen and oxygen atoms in total. The van der Waals surface area contributed by atoms with Gasteiger partial charge in [0.25, 0.3) is 0 Å². The molecule has 10 heteroatoms. The summed E-state index contributed by atoms with van der Waals surface area (Å²) in [6.07, 6.45) is 1.58. The van der Waals surface area contributed by atoms with E-state index in [4.69, 9.17) is 0 Å². The van der Waals surface area contributed by atoms with E-state index in [0.29, 0.717) is 16.0 Å². The van der Waals surface area contributed by atoms with Crippen molar-refractivity contribution in [3.05, 3.63) is 17.3 Å². The van der Waals surface area contributed by atoms with Crippen LogP contribution in [0.1, 0.15) is 24.1 Å². The zero-order valence-corrected chi connectivity index (χ0v) is 18.3. The highest BCUT2D eigenvalue weighted by Crippen LogP contribution is 2.52. The summed E-state index contributed by atoms with van der Waals surface area (Å²) in [4.78, 5) is 26.1. The number of nitrogens with zero attached hydrogens (tertiary/aromatic N) is 5. The van der Waals surface area contributed by atoms with E-state index in [1.165, 1.54) is 38.7 Å². The Morgan fingerprint density at radius 1 is 1.10 bits per heavy atom. The van der Waals surface area contributed by atoms with Crippen LogP contribution in [-0.4, -0.2) is 78.7 Å². The molecule has 5 heterocycles. The highest BCUT2D eigenvalue weighted by Gasteiger charge is 2.52. The van der Waals surface area contributed by atoms with E-state index < -0.39 is 12.6 Å². The zero-order chi connectivity index (χ0) is 21.9. The molecule has 1 aliphatic carbocycles. The minimum atomic E-state index is -4.22. The fraction of sp³-hybridized carbons (Fsp3) is 0.667. The molecule has 4 fully saturated rings. The number of halogens is 3. The van der Waals surface area contributed by atoms with Gasteiger partial charge in [-0.3, -0.25) is 4.79 Å². The van der Waals surface area contributed by atoms with Crippen molar-refractivity contribution in [1.82, 2.24) is 19.8 Å². The van der Waals surface area contributed by atoms with Crippen LogP contribution in [0, 0.1) is 10.8 Å². The lowest BCUT2D eigenvalue weighted by atomic mass is 9.73. The van der Waals surface area contributed by atoms with Gasteiger partial charge in [-0.1, -0.05) is 0 Å². The number of alkyl halides is 3. The number of fused-ring (bicyclic) bond motifs is 1. The van der Waals surface area contributed by atoms with Crippen molar-refractivity contribution in [3.8, 4) is 0 Å². The third kappa shape index (κ3) is 4.24. The van der Waals surface area contributed by atoms with E-state index in [2.05, 4.69) is 26.8 Å². The molecule has 0 unspecified atom stereocenters. The van der Waals surface area contributed by atoms with E-state index in [1.807, 2.05) is 0 Å². The summed E-state index contributed by atoms with van der Waals surface area (Å²) in [6, 6.07) is 1.55. The molecule has 6 rings (SSSR count). The maximum absolute atomic E-state index is 12.6. The quantitative estimate of drug-likeness (QED) is 0.669. The normalized spacial score (nSPS) is 23.5. The Morgan fingerprint density at radius 2 is 1.84 bits per heavy atom. The van der Waals surface area contributed by atoms with Crippen LogP contribution in [0.25, 0.3) is 10.2 Å². The Balaban J connectivity index is 0.000000212. The van der Waals surface area contributed by atoms with Crippen LogP contribution < -0.4 is 4.90 Å². The van der Waals surface area contributed by atoms with Gasteiger partial charge >= 0.3 is 6.18 Å². The first-order valence-electron chi connectivity index (χ1n) is 10.6. The number of hydrogen-bond donors (Lipinski definition) is 0. The van der Waals surface area contributed by atoms with Crippen LogP contribution in [0.15, 0.2) is 12.4 Å². The Bertz CT molecular complexity index is 975. The van der Waals surface area contributed by atoms with Gasteiger partial charge in [0.2, 0.25) is 6.41 Å². The van der Waals surface area contributed by atoms with Crippen LogP contribution in [0.3, 0.4) is 0 Å². The molecule has 3 saturated heterocycles. The first-order chi connectivity index (χ1) is 14.7. The highest BCUT2D eigenvalue weighted by molar-refractivity contribution is 7.18. The molecule has 0 radical (unpaired) electrons. The summed E-state index contributed by atoms with van der Waals surface area (Å²) in [6.45, 7) is 5.75. The maximum Gasteiger partial charge on any atom is 0.393 e. The third-order valence-corrected chi connectivity index (χ3v) is 7.94. The predicted octanol–water partition coefficient (Wildman–Crippen LogP) is 3.18. The second kappa shape index (κ2) is 7.30. The monoisotopic (exact) mass is 453 g/mol. The Hall–Kier alpha value is -1.94. The molecule has 168 valence electrons. The molecular weight excluding hydrogens is 427 g/mol. The van der Waals surface area contributed by atoms with Gasteiger partial charge in [0.1, 0.15) is 17.0 Å². The number of rotatable bonds is 3. The van der Waals surface area contributed by atoms with Crippen LogP contribution in [0.4, 0.5) is 19.0 Å². The van der Waals surface area contributed by atoms with Crippen molar-refractivity contribution < 1.29 is 18.0 Å². The van der Waals surface area contributed by atoms with Crippen LogP contribution >= 0.6 is 11.3 Å². The molecule has 1 saturated carbocycles. The number of aromatic nitrogens is 2. The summed E-state index contributed by atoms with van der Waals surface area (Å²) in [7, 11) is 2.23. The number of hydrogen-bond acceptors (Lipinski definition) is 6. The molecule has 2 spiro atoms. The number of anilines is 1. The second-order valence-electron chi connectivity index (χ2n) is 9.78. The molecule has 0 N–H and O–H groups in total. The summed E-state index contributed by atoms with van der Waals surface area (Å²) in [5.41, 5.74) is 0.970. The summed E-state index contributed by atoms with van der Waals surface area (Å²) in [5.74, 6) is 0.690. The number of likely N-dealkylation sites (tertiary alicyclic amines) is 2. The fourth-order valence-electron chi connectivity index (χ4n) is 5.18. The van der Waals surface area contributed by atoms with Gasteiger partial charge in [-0.05, 0) is 44.3 Å². The third-order valence-electron chi connectivity index (χ3n) is 6.90. The maximum atomic E-state index is 12.6. The molecule has 2 aromatic heterocycles. The lowest BCUT2D eigenvalue weighted by molar-refractivity contribution is -0.131. The average molecular weight is 454 g/mol. The molecule has 3 aliphatic heterocycles. The Morgan fingerprint density at radius 3 is 2.39 bits per heavy atom. The van der Waals surface area contributed by atoms with Gasteiger partial charge in [0.05, 0.1) is 11.8 Å². The van der Waals surface area contributed by atoms with Gasteiger partial charge in [0, 0.05) is 43.0 Å². The van der Waals surface area contributed by atoms with Crippen molar-refractivity contribution in [2.24, 2.45) is 10.8 Å². The van der Waals surface area contributed by atoms with E-state index in [-0.39, 0.29) is 10.3 Å². The van der Waals surface area contributed by atoms with Gasteiger partial charge in [0.15, 0.2) is 0 Å². The first-order valence-corrected chi connectivity index (χ1v) is 11.4. The SMILES string of the molecule is CN1CCC2(CC2)C1.O=CN1CC2(C1)CN(c1ncnc3sc(CC(F)(F)F)cc13)C2. The number of amides is 1. The summed E-state index contributed by atoms with van der Waals surface area (Å²) in [5, 5.41) is 0.679. The van der Waals surface area contributed by atoms with E-state index >= 15 is 0 Å². The fourth-order valence-corrected chi connectivity index (χ4v) is 6.20. The van der Waals surface area contributed by atoms with Crippen LogP contribution in [-0.2, 0) is 11.2 Å². The van der Waals surface area contributed by atoms with Crippen LogP contribution in [0.5, 0.6) is 0 Å². The minimum absolute atomic E-state index is 0.128. The molecule has 1 amide bonds. The largest absolute Gasteiger partial charge is 0.393 e. The first kappa shape index (κ1) is 20.9. The van der Waals surface area contributed by atoms with E-state index in [1.54, 1.807) is 11.0 Å². The topological polar surface area (TPSA) is 52.6 Å². The molecule has 4 aliphatic rings. The van der Waals surface area contributed by atoms with Crippen molar-refractivity contribution >= 4 is 33.8 Å². The Labute approximate surface area is 183 Å². The lowest BCUT2D eigenvalue weighted by Crippen LogP contribution is -2.72. The second-order valence-corrected chi connectivity index (χ2v) is 10.9. The summed E-state index contributed by atoms with van der Waals surface area (Å²) >= 11 is 1.06. The van der Waals surface area contributed by atoms with E-state index in [0.717, 1.165) is 49.3 Å². The standard InChI is InChI=1S/C14H13F3N4OS.C7H13N/c15-14(16,17)2-9-1-10-11(18-7-19-12(10)23-9)21-5-13(6-21)3-20(4-13)8-22;1-8-5-4-7(6-8)2-3-7/h1,7-8H,2-6H2;2-6H2,1H3. The van der Waals surface area contributed by atoms with Gasteiger partial charge in [-0.25, -0.2) is 9.97 Å². The van der Waals surface area contributed by atoms with Crippen molar-refractivity contribution in [3.63, 3.8) is 0 Å². The minimum Gasteiger partial charge on any atom is -0.354 e. The van der Waals surface area contributed by atoms with Gasteiger partial charge in [-0.15, -0.1) is 11.3 Å². The average Bonchev–Trinajstić information content (AvgIpc) is 3.09. The number of carbonyl (C=O) groups excluding carboxylic acids is 1. The van der Waals surface area contributed by atoms with Crippen LogP contribution in [0.2, 0.25) is 0 Å². The van der Waals surface area contributed by atoms with E-state index in [9.17, 15) is 18.0 Å². The molecule has 0 aromatic carbocycles. The number of carbonyl (C=O) groups is 1. The van der Waals surface area contributed by atoms with Gasteiger partial charge in [-0.2, -0.15) is 13.2 Å². The smallest absolute Gasteiger partial charge is 0.354 e. The lowest BCUT2D eigenvalue weighted by Gasteiger charge is -2.59. The predicted molar refractivity (Wildman–Crippen MR) is 113 cm³/mol. The number of thiophene rings is 1. The zero-order valence-electron chi connectivity index (χ0n) is 17.5. The molecule has 0 atom stereocenters. The highest BCUT2D eigenvalue weighted by atomic mass is 32.1. The van der Waals surface area contributed by atoms with Crippen molar-refractivity contribution in [2.45, 2.75) is 31.9 Å². The van der Waals surface area contributed by atoms with Crippen molar-refractivity contribution in [1.29, 1.82) is 0 Å². The van der Waals surface area contributed by atoms with Gasteiger partial charge < -0.3 is 14.7 Å². The molecule has 2 aromatic rings. The molecular formula is C21H26F3N5OS. The molecule has 31 heavy (non-hydrogen) atoms. The Kier molecular flexibility index (Phi) is 4.93. The molecule has 0 bridgehead atoms. The summed E-state index contributed by atoms with van der Waals surface area (Å²) < 4.78 is 37.7. The van der Waals surface area contributed by atoms with Crippen molar-refractivity contribution in [2.75, 3.05) is 51.2 Å².